The molecule has 0 aliphatic rings. The SMILES string of the molecule is CCN(C(=O)c1ccc(Br)cc1Cl)c1cccc(O)c1. The number of anilines is 1. The van der Waals surface area contributed by atoms with Crippen LogP contribution in [0.15, 0.2) is 46.9 Å². The molecule has 0 heterocycles. The molecule has 0 spiro atoms. The number of benzene rings is 2. The van der Waals surface area contributed by atoms with Gasteiger partial charge in [0.05, 0.1) is 10.6 Å². The van der Waals surface area contributed by atoms with Crippen molar-refractivity contribution in [3.63, 3.8) is 0 Å². The van der Waals surface area contributed by atoms with Crippen LogP contribution in [0.1, 0.15) is 17.3 Å². The first-order valence-corrected chi connectivity index (χ1v) is 7.26. The maximum absolute atomic E-state index is 12.6. The number of carbonyl (C=O) groups excluding carboxylic acids is 1. The van der Waals surface area contributed by atoms with Crippen molar-refractivity contribution in [2.75, 3.05) is 11.4 Å². The molecule has 0 atom stereocenters. The summed E-state index contributed by atoms with van der Waals surface area (Å²) in [7, 11) is 0. The predicted molar refractivity (Wildman–Crippen MR) is 84.6 cm³/mol. The van der Waals surface area contributed by atoms with Crippen LogP contribution in [-0.4, -0.2) is 17.6 Å². The minimum atomic E-state index is -0.199. The second kappa shape index (κ2) is 6.29. The summed E-state index contributed by atoms with van der Waals surface area (Å²) >= 11 is 9.43. The van der Waals surface area contributed by atoms with Gasteiger partial charge in [-0.3, -0.25) is 4.79 Å². The van der Waals surface area contributed by atoms with Gasteiger partial charge in [-0.1, -0.05) is 33.6 Å². The summed E-state index contributed by atoms with van der Waals surface area (Å²) in [6.45, 7) is 2.35. The predicted octanol–water partition coefficient (Wildman–Crippen LogP) is 4.47. The highest BCUT2D eigenvalue weighted by Crippen LogP contribution is 2.26. The number of carbonyl (C=O) groups is 1. The maximum Gasteiger partial charge on any atom is 0.259 e. The number of aromatic hydroxyl groups is 1. The summed E-state index contributed by atoms with van der Waals surface area (Å²) in [4.78, 5) is 14.1. The number of nitrogens with zero attached hydrogens (tertiary/aromatic N) is 1. The fourth-order valence-corrected chi connectivity index (χ4v) is 2.67. The number of phenols is 1. The largest absolute Gasteiger partial charge is 0.508 e. The Bertz CT molecular complexity index is 646. The van der Waals surface area contributed by atoms with Crippen molar-refractivity contribution in [3.05, 3.63) is 57.5 Å². The monoisotopic (exact) mass is 353 g/mol. The van der Waals surface area contributed by atoms with Gasteiger partial charge in [0.2, 0.25) is 0 Å². The van der Waals surface area contributed by atoms with Crippen LogP contribution < -0.4 is 4.90 Å². The molecule has 0 fully saturated rings. The zero-order valence-electron chi connectivity index (χ0n) is 10.8. The van der Waals surface area contributed by atoms with Crippen molar-refractivity contribution in [2.24, 2.45) is 0 Å². The molecular weight excluding hydrogens is 342 g/mol. The number of hydrogen-bond donors (Lipinski definition) is 1. The van der Waals surface area contributed by atoms with Gasteiger partial charge in [0.25, 0.3) is 5.91 Å². The van der Waals surface area contributed by atoms with Gasteiger partial charge in [0.1, 0.15) is 5.75 Å². The molecule has 3 nitrogen and oxygen atoms in total. The Morgan fingerprint density at radius 3 is 2.65 bits per heavy atom. The van der Waals surface area contributed by atoms with Crippen molar-refractivity contribution < 1.29 is 9.90 Å². The zero-order valence-corrected chi connectivity index (χ0v) is 13.1. The minimum absolute atomic E-state index is 0.121. The lowest BCUT2D eigenvalue weighted by molar-refractivity contribution is 0.0988. The van der Waals surface area contributed by atoms with E-state index in [-0.39, 0.29) is 11.7 Å². The molecule has 1 N–H and O–H groups in total. The second-order valence-corrected chi connectivity index (χ2v) is 5.52. The molecule has 1 amide bonds. The molecule has 0 aliphatic carbocycles. The fraction of sp³-hybridized carbons (Fsp3) is 0.133. The van der Waals surface area contributed by atoms with Gasteiger partial charge in [-0.2, -0.15) is 0 Å². The van der Waals surface area contributed by atoms with Crippen LogP contribution in [0.3, 0.4) is 0 Å². The third kappa shape index (κ3) is 3.14. The van der Waals surface area contributed by atoms with Gasteiger partial charge in [0.15, 0.2) is 0 Å². The molecule has 0 bridgehead atoms. The van der Waals surface area contributed by atoms with E-state index < -0.39 is 0 Å². The number of halogens is 2. The quantitative estimate of drug-likeness (QED) is 0.883. The number of amides is 1. The van der Waals surface area contributed by atoms with Crippen molar-refractivity contribution in [3.8, 4) is 5.75 Å². The van der Waals surface area contributed by atoms with E-state index in [9.17, 15) is 9.90 Å². The molecule has 2 rings (SSSR count). The van der Waals surface area contributed by atoms with Crippen molar-refractivity contribution in [1.82, 2.24) is 0 Å². The van der Waals surface area contributed by atoms with E-state index in [4.69, 9.17) is 11.6 Å². The van der Waals surface area contributed by atoms with Crippen LogP contribution in [0.4, 0.5) is 5.69 Å². The van der Waals surface area contributed by atoms with E-state index in [0.717, 1.165) is 4.47 Å². The van der Waals surface area contributed by atoms with E-state index in [0.29, 0.717) is 22.8 Å². The Balaban J connectivity index is 2.39. The lowest BCUT2D eigenvalue weighted by Crippen LogP contribution is -2.30. The van der Waals surface area contributed by atoms with Crippen LogP contribution in [0.25, 0.3) is 0 Å². The lowest BCUT2D eigenvalue weighted by atomic mass is 10.1. The Morgan fingerprint density at radius 2 is 2.05 bits per heavy atom. The molecule has 0 unspecified atom stereocenters. The van der Waals surface area contributed by atoms with Gasteiger partial charge in [-0.25, -0.2) is 0 Å². The van der Waals surface area contributed by atoms with Gasteiger partial charge in [0, 0.05) is 22.8 Å². The van der Waals surface area contributed by atoms with E-state index in [2.05, 4.69) is 15.9 Å². The van der Waals surface area contributed by atoms with E-state index in [1.165, 1.54) is 0 Å². The number of hydrogen-bond acceptors (Lipinski definition) is 2. The summed E-state index contributed by atoms with van der Waals surface area (Å²) in [5.74, 6) is -0.0775. The Hall–Kier alpha value is -1.52. The van der Waals surface area contributed by atoms with Gasteiger partial charge in [-0.15, -0.1) is 0 Å². The maximum atomic E-state index is 12.6. The summed E-state index contributed by atoms with van der Waals surface area (Å²) in [6, 6.07) is 11.7. The third-order valence-corrected chi connectivity index (χ3v) is 3.67. The Kier molecular flexibility index (Phi) is 4.68. The van der Waals surface area contributed by atoms with E-state index >= 15 is 0 Å². The molecule has 20 heavy (non-hydrogen) atoms. The molecule has 0 aromatic heterocycles. The molecule has 0 saturated carbocycles. The molecule has 2 aromatic carbocycles. The van der Waals surface area contributed by atoms with Gasteiger partial charge >= 0.3 is 0 Å². The van der Waals surface area contributed by atoms with Crippen molar-refractivity contribution in [1.29, 1.82) is 0 Å². The highest BCUT2D eigenvalue weighted by atomic mass is 79.9. The topological polar surface area (TPSA) is 40.5 Å². The highest BCUT2D eigenvalue weighted by Gasteiger charge is 2.19. The Labute approximate surface area is 130 Å². The average molecular weight is 355 g/mol. The van der Waals surface area contributed by atoms with Gasteiger partial charge < -0.3 is 10.0 Å². The van der Waals surface area contributed by atoms with Crippen LogP contribution >= 0.6 is 27.5 Å². The smallest absolute Gasteiger partial charge is 0.259 e. The van der Waals surface area contributed by atoms with Crippen molar-refractivity contribution in [2.45, 2.75) is 6.92 Å². The van der Waals surface area contributed by atoms with E-state index in [1.807, 2.05) is 6.92 Å². The molecule has 2 aromatic rings. The van der Waals surface area contributed by atoms with Crippen molar-refractivity contribution >= 4 is 39.1 Å². The van der Waals surface area contributed by atoms with Crippen LogP contribution in [0, 0.1) is 0 Å². The van der Waals surface area contributed by atoms with E-state index in [1.54, 1.807) is 47.4 Å². The summed E-state index contributed by atoms with van der Waals surface area (Å²) < 4.78 is 0.819. The normalized spacial score (nSPS) is 10.3. The first-order valence-electron chi connectivity index (χ1n) is 6.09. The Morgan fingerprint density at radius 1 is 1.30 bits per heavy atom. The van der Waals surface area contributed by atoms with Gasteiger partial charge in [-0.05, 0) is 37.3 Å². The standard InChI is InChI=1S/C15H13BrClNO2/c1-2-18(11-4-3-5-12(19)9-11)15(20)13-7-6-10(16)8-14(13)17/h3-9,19H,2H2,1H3. The number of rotatable bonds is 3. The first kappa shape index (κ1) is 14.9. The van der Waals surface area contributed by atoms with Crippen LogP contribution in [0.2, 0.25) is 5.02 Å². The molecular formula is C15H13BrClNO2. The fourth-order valence-electron chi connectivity index (χ4n) is 1.91. The summed E-state index contributed by atoms with van der Waals surface area (Å²) in [5, 5.41) is 9.92. The summed E-state index contributed by atoms with van der Waals surface area (Å²) in [6.07, 6.45) is 0. The average Bonchev–Trinajstić information content (AvgIpc) is 2.39. The number of phenolic OH excluding ortho intramolecular Hbond substituents is 1. The molecule has 0 saturated heterocycles. The molecule has 0 aliphatic heterocycles. The van der Waals surface area contributed by atoms with Crippen LogP contribution in [0.5, 0.6) is 5.75 Å². The molecule has 104 valence electrons. The lowest BCUT2D eigenvalue weighted by Gasteiger charge is -2.21. The van der Waals surface area contributed by atoms with Crippen LogP contribution in [-0.2, 0) is 0 Å². The summed E-state index contributed by atoms with van der Waals surface area (Å²) in [5.41, 5.74) is 1.07. The zero-order chi connectivity index (χ0) is 14.7. The molecule has 5 heteroatoms. The minimum Gasteiger partial charge on any atom is -0.508 e. The highest BCUT2D eigenvalue weighted by molar-refractivity contribution is 9.10. The second-order valence-electron chi connectivity index (χ2n) is 4.19. The third-order valence-electron chi connectivity index (χ3n) is 2.86. The first-order chi connectivity index (χ1) is 9.52. The molecule has 0 radical (unpaired) electrons.